The largest absolute Gasteiger partial charge is 0.351 e. The van der Waals surface area contributed by atoms with E-state index >= 15 is 0 Å². The van der Waals surface area contributed by atoms with Gasteiger partial charge in [-0.15, -0.1) is 0 Å². The van der Waals surface area contributed by atoms with Crippen molar-refractivity contribution in [3.05, 3.63) is 88.9 Å². The van der Waals surface area contributed by atoms with Gasteiger partial charge in [-0.1, -0.05) is 42.0 Å². The maximum Gasteiger partial charge on any atom is 0.270 e. The lowest BCUT2D eigenvalue weighted by molar-refractivity contribution is 0.0598. The van der Waals surface area contributed by atoms with E-state index in [9.17, 15) is 4.79 Å². The molecule has 0 radical (unpaired) electrons. The second-order valence-electron chi connectivity index (χ2n) is 10.5. The zero-order valence-corrected chi connectivity index (χ0v) is 21.9. The number of benzene rings is 2. The molecule has 2 aromatic carbocycles. The van der Waals surface area contributed by atoms with Crippen LogP contribution >= 0.6 is 0 Å². The number of aryl methyl sites for hydroxylation is 3. The molecule has 0 aliphatic carbocycles. The molecule has 3 heterocycles. The van der Waals surface area contributed by atoms with Crippen LogP contribution in [0, 0.1) is 19.8 Å². The van der Waals surface area contributed by atoms with Crippen LogP contribution in [0.15, 0.2) is 60.8 Å². The standard InChI is InChI=1S/C30H37N5O/c1-21-10-11-27-25(16-21)18-28(31-27)30(36)35-14-12-24(13-15-35)29(17-23-8-6-5-7-9-23)33(3)19-26-20-34(4)32-22(26)2/h5-11,16,18,20,24,29,31H,12-15,17,19H2,1-4H3/t29-/m1/s1. The number of nitrogens with zero attached hydrogens (tertiary/aromatic N) is 4. The summed E-state index contributed by atoms with van der Waals surface area (Å²) in [6, 6.07) is 19.5. The number of piperidine rings is 1. The number of aromatic amines is 1. The Bertz CT molecular complexity index is 1330. The zero-order valence-electron chi connectivity index (χ0n) is 21.9. The Morgan fingerprint density at radius 3 is 2.56 bits per heavy atom. The van der Waals surface area contributed by atoms with E-state index in [2.05, 4.69) is 90.6 Å². The van der Waals surface area contributed by atoms with Gasteiger partial charge in [-0.05, 0) is 69.8 Å². The van der Waals surface area contributed by atoms with E-state index in [1.54, 1.807) is 0 Å². The van der Waals surface area contributed by atoms with Crippen molar-refractivity contribution >= 4 is 16.8 Å². The minimum Gasteiger partial charge on any atom is -0.351 e. The number of nitrogens with one attached hydrogen (secondary N) is 1. The fraction of sp³-hybridized carbons (Fsp3) is 0.400. The molecular weight excluding hydrogens is 446 g/mol. The van der Waals surface area contributed by atoms with Crippen molar-refractivity contribution in [1.82, 2.24) is 24.6 Å². The summed E-state index contributed by atoms with van der Waals surface area (Å²) in [5.74, 6) is 0.642. The summed E-state index contributed by atoms with van der Waals surface area (Å²) in [5, 5.41) is 5.64. The van der Waals surface area contributed by atoms with E-state index in [0.717, 1.165) is 55.5 Å². The van der Waals surface area contributed by atoms with Crippen LogP contribution in [0.1, 0.15) is 45.7 Å². The van der Waals surface area contributed by atoms with Gasteiger partial charge in [0.2, 0.25) is 0 Å². The molecule has 0 unspecified atom stereocenters. The quantitative estimate of drug-likeness (QED) is 0.397. The van der Waals surface area contributed by atoms with Crippen molar-refractivity contribution in [3.63, 3.8) is 0 Å². The molecule has 1 atom stereocenters. The van der Waals surface area contributed by atoms with Crippen LogP contribution in [0.5, 0.6) is 0 Å². The molecule has 1 aliphatic heterocycles. The minimum absolute atomic E-state index is 0.112. The summed E-state index contributed by atoms with van der Waals surface area (Å²) in [6.45, 7) is 6.64. The first-order valence-corrected chi connectivity index (χ1v) is 13.0. The highest BCUT2D eigenvalue weighted by Gasteiger charge is 2.32. The van der Waals surface area contributed by atoms with Crippen molar-refractivity contribution in [3.8, 4) is 0 Å². The fourth-order valence-electron chi connectivity index (χ4n) is 5.75. The minimum atomic E-state index is 0.112. The maximum atomic E-state index is 13.3. The monoisotopic (exact) mass is 483 g/mol. The molecule has 1 fully saturated rings. The first kappa shape index (κ1) is 24.3. The highest BCUT2D eigenvalue weighted by molar-refractivity contribution is 5.98. The third-order valence-electron chi connectivity index (χ3n) is 7.77. The number of likely N-dealkylation sites (N-methyl/N-ethyl adjacent to an activating group) is 1. The molecule has 1 amide bonds. The SMILES string of the molecule is Cc1ccc2[nH]c(C(=O)N3CCC([C@@H](Cc4ccccc4)N(C)Cc4cn(C)nc4C)CC3)cc2c1. The van der Waals surface area contributed by atoms with Crippen LogP contribution in [-0.2, 0) is 20.0 Å². The van der Waals surface area contributed by atoms with E-state index < -0.39 is 0 Å². The van der Waals surface area contributed by atoms with Gasteiger partial charge in [0.05, 0.1) is 5.69 Å². The topological polar surface area (TPSA) is 57.2 Å². The van der Waals surface area contributed by atoms with Gasteiger partial charge in [0.25, 0.3) is 5.91 Å². The average molecular weight is 484 g/mol. The number of hydrogen-bond acceptors (Lipinski definition) is 3. The predicted octanol–water partition coefficient (Wildman–Crippen LogP) is 5.11. The lowest BCUT2D eigenvalue weighted by Crippen LogP contribution is -2.46. The molecule has 5 rings (SSSR count). The van der Waals surface area contributed by atoms with Gasteiger partial charge in [0.1, 0.15) is 5.69 Å². The zero-order chi connectivity index (χ0) is 25.2. The first-order chi connectivity index (χ1) is 17.4. The molecular formula is C30H37N5O. The van der Waals surface area contributed by atoms with E-state index in [1.807, 2.05) is 22.7 Å². The summed E-state index contributed by atoms with van der Waals surface area (Å²) in [6.07, 6.45) is 5.17. The van der Waals surface area contributed by atoms with Gasteiger partial charge >= 0.3 is 0 Å². The van der Waals surface area contributed by atoms with Crippen molar-refractivity contribution in [2.45, 2.75) is 45.7 Å². The summed E-state index contributed by atoms with van der Waals surface area (Å²) in [4.78, 5) is 21.2. The number of aromatic nitrogens is 3. The average Bonchev–Trinajstić information content (AvgIpc) is 3.44. The first-order valence-electron chi connectivity index (χ1n) is 13.0. The van der Waals surface area contributed by atoms with Gasteiger partial charge in [-0.25, -0.2) is 0 Å². The van der Waals surface area contributed by atoms with Crippen molar-refractivity contribution in [2.24, 2.45) is 13.0 Å². The molecule has 36 heavy (non-hydrogen) atoms. The number of fused-ring (bicyclic) bond motifs is 1. The van der Waals surface area contributed by atoms with Gasteiger partial charge in [-0.3, -0.25) is 14.4 Å². The number of rotatable bonds is 7. The molecule has 6 heteroatoms. The van der Waals surface area contributed by atoms with Gasteiger partial charge in [0, 0.05) is 55.4 Å². The molecule has 0 spiro atoms. The molecule has 4 aromatic rings. The molecule has 2 aromatic heterocycles. The Kier molecular flexibility index (Phi) is 6.97. The predicted molar refractivity (Wildman–Crippen MR) is 145 cm³/mol. The van der Waals surface area contributed by atoms with Crippen LogP contribution in [0.4, 0.5) is 0 Å². The van der Waals surface area contributed by atoms with Crippen molar-refractivity contribution < 1.29 is 4.79 Å². The second-order valence-corrected chi connectivity index (χ2v) is 10.5. The van der Waals surface area contributed by atoms with E-state index in [1.165, 1.54) is 16.7 Å². The smallest absolute Gasteiger partial charge is 0.270 e. The molecule has 1 N–H and O–H groups in total. The number of amides is 1. The van der Waals surface area contributed by atoms with Crippen LogP contribution < -0.4 is 0 Å². The number of carbonyl (C=O) groups excluding carboxylic acids is 1. The van der Waals surface area contributed by atoms with E-state index in [4.69, 9.17) is 0 Å². The summed E-state index contributed by atoms with van der Waals surface area (Å²) in [5.41, 5.74) is 6.66. The highest BCUT2D eigenvalue weighted by atomic mass is 16.2. The second kappa shape index (κ2) is 10.3. The highest BCUT2D eigenvalue weighted by Crippen LogP contribution is 2.29. The Hall–Kier alpha value is -3.38. The molecule has 0 bridgehead atoms. The van der Waals surface area contributed by atoms with Crippen LogP contribution in [0.2, 0.25) is 0 Å². The van der Waals surface area contributed by atoms with Crippen LogP contribution in [-0.4, -0.2) is 56.7 Å². The lowest BCUT2D eigenvalue weighted by atomic mass is 9.84. The summed E-state index contributed by atoms with van der Waals surface area (Å²) < 4.78 is 1.90. The molecule has 188 valence electrons. The number of H-pyrrole nitrogens is 1. The summed E-state index contributed by atoms with van der Waals surface area (Å²) >= 11 is 0. The maximum absolute atomic E-state index is 13.3. The van der Waals surface area contributed by atoms with E-state index in [-0.39, 0.29) is 5.91 Å². The number of carbonyl (C=O) groups is 1. The molecule has 6 nitrogen and oxygen atoms in total. The Balaban J connectivity index is 1.29. The normalized spacial score (nSPS) is 15.6. The van der Waals surface area contributed by atoms with Gasteiger partial charge in [-0.2, -0.15) is 5.10 Å². The van der Waals surface area contributed by atoms with Crippen LogP contribution in [0.25, 0.3) is 10.9 Å². The Labute approximate surface area is 213 Å². The van der Waals surface area contributed by atoms with E-state index in [0.29, 0.717) is 17.7 Å². The summed E-state index contributed by atoms with van der Waals surface area (Å²) in [7, 11) is 4.23. The third-order valence-corrected chi connectivity index (χ3v) is 7.77. The Morgan fingerprint density at radius 2 is 1.86 bits per heavy atom. The fourth-order valence-corrected chi connectivity index (χ4v) is 5.75. The molecule has 1 saturated heterocycles. The number of likely N-dealkylation sites (tertiary alicyclic amines) is 1. The van der Waals surface area contributed by atoms with Crippen molar-refractivity contribution in [1.29, 1.82) is 0 Å². The van der Waals surface area contributed by atoms with Gasteiger partial charge < -0.3 is 9.88 Å². The van der Waals surface area contributed by atoms with Crippen LogP contribution in [0.3, 0.4) is 0 Å². The number of hydrogen-bond donors (Lipinski definition) is 1. The molecule has 1 aliphatic rings. The Morgan fingerprint density at radius 1 is 1.11 bits per heavy atom. The molecule has 0 saturated carbocycles. The lowest BCUT2D eigenvalue weighted by Gasteiger charge is -2.40. The third kappa shape index (κ3) is 5.24. The van der Waals surface area contributed by atoms with Gasteiger partial charge in [0.15, 0.2) is 0 Å². The van der Waals surface area contributed by atoms with Crippen molar-refractivity contribution in [2.75, 3.05) is 20.1 Å².